The number of hydrogen-bond acceptors (Lipinski definition) is 2. The summed E-state index contributed by atoms with van der Waals surface area (Å²) >= 11 is 3.04. The molecule has 7 heteroatoms. The van der Waals surface area contributed by atoms with E-state index in [2.05, 4.69) is 21.2 Å². The molecular weight excluding hydrogens is 343 g/mol. The summed E-state index contributed by atoms with van der Waals surface area (Å²) in [5.74, 6) is -1.36. The Morgan fingerprint density at radius 1 is 1.43 bits per heavy atom. The van der Waals surface area contributed by atoms with Crippen LogP contribution in [0.25, 0.3) is 0 Å². The first-order valence-corrected chi connectivity index (χ1v) is 7.35. The molecule has 1 rings (SSSR count). The van der Waals surface area contributed by atoms with Crippen LogP contribution in [0.5, 0.6) is 0 Å². The molecule has 0 aliphatic carbocycles. The summed E-state index contributed by atoms with van der Waals surface area (Å²) < 4.78 is 13.7. The van der Waals surface area contributed by atoms with Crippen molar-refractivity contribution >= 4 is 33.6 Å². The van der Waals surface area contributed by atoms with Crippen molar-refractivity contribution in [2.45, 2.75) is 32.7 Å². The Morgan fingerprint density at radius 3 is 2.62 bits per heavy atom. The van der Waals surface area contributed by atoms with Crippen molar-refractivity contribution in [1.29, 1.82) is 0 Å². The summed E-state index contributed by atoms with van der Waals surface area (Å²) in [6, 6.07) is 3.85. The molecule has 116 valence electrons. The second-order valence-electron chi connectivity index (χ2n) is 4.84. The van der Waals surface area contributed by atoms with Gasteiger partial charge >= 0.3 is 12.0 Å². The first-order chi connectivity index (χ1) is 9.81. The summed E-state index contributed by atoms with van der Waals surface area (Å²) in [5, 5.41) is 11.2. The van der Waals surface area contributed by atoms with Gasteiger partial charge in [-0.1, -0.05) is 0 Å². The van der Waals surface area contributed by atoms with E-state index in [-0.39, 0.29) is 18.5 Å². The lowest BCUT2D eigenvalue weighted by atomic mass is 10.2. The Kier molecular flexibility index (Phi) is 6.61. The van der Waals surface area contributed by atoms with E-state index in [0.29, 0.717) is 23.1 Å². The van der Waals surface area contributed by atoms with Crippen molar-refractivity contribution in [2.24, 2.45) is 0 Å². The molecule has 2 N–H and O–H groups in total. The highest BCUT2D eigenvalue weighted by molar-refractivity contribution is 9.10. The first-order valence-electron chi connectivity index (χ1n) is 6.55. The van der Waals surface area contributed by atoms with Crippen molar-refractivity contribution in [1.82, 2.24) is 4.90 Å². The van der Waals surface area contributed by atoms with E-state index < -0.39 is 11.8 Å². The van der Waals surface area contributed by atoms with Gasteiger partial charge in [-0.15, -0.1) is 0 Å². The van der Waals surface area contributed by atoms with E-state index in [1.54, 1.807) is 6.07 Å². The number of anilines is 1. The maximum Gasteiger partial charge on any atom is 0.322 e. The maximum atomic E-state index is 13.4. The van der Waals surface area contributed by atoms with Gasteiger partial charge in [0, 0.05) is 24.7 Å². The molecule has 2 amide bonds. The van der Waals surface area contributed by atoms with Crippen LogP contribution in [0.15, 0.2) is 22.7 Å². The van der Waals surface area contributed by atoms with Crippen LogP contribution in [0.2, 0.25) is 0 Å². The van der Waals surface area contributed by atoms with Crippen molar-refractivity contribution in [3.05, 3.63) is 28.5 Å². The molecule has 0 aromatic heterocycles. The molecule has 0 unspecified atom stereocenters. The molecule has 0 fully saturated rings. The van der Waals surface area contributed by atoms with Crippen LogP contribution in [-0.4, -0.2) is 34.6 Å². The minimum absolute atomic E-state index is 0.00338. The van der Waals surface area contributed by atoms with Gasteiger partial charge in [-0.2, -0.15) is 0 Å². The van der Waals surface area contributed by atoms with Crippen molar-refractivity contribution < 1.29 is 19.1 Å². The van der Waals surface area contributed by atoms with Crippen molar-refractivity contribution in [3.8, 4) is 0 Å². The van der Waals surface area contributed by atoms with Crippen LogP contribution in [0.3, 0.4) is 0 Å². The highest BCUT2D eigenvalue weighted by atomic mass is 79.9. The Labute approximate surface area is 131 Å². The lowest BCUT2D eigenvalue weighted by Crippen LogP contribution is -2.40. The van der Waals surface area contributed by atoms with Gasteiger partial charge < -0.3 is 15.3 Å². The highest BCUT2D eigenvalue weighted by Gasteiger charge is 2.17. The lowest BCUT2D eigenvalue weighted by Gasteiger charge is -2.26. The van der Waals surface area contributed by atoms with Crippen LogP contribution >= 0.6 is 15.9 Å². The number of amides is 2. The van der Waals surface area contributed by atoms with Crippen LogP contribution in [-0.2, 0) is 4.79 Å². The van der Waals surface area contributed by atoms with Crippen LogP contribution < -0.4 is 5.32 Å². The maximum absolute atomic E-state index is 13.4. The fourth-order valence-electron chi connectivity index (χ4n) is 1.76. The number of urea groups is 1. The Morgan fingerprint density at radius 2 is 2.10 bits per heavy atom. The number of carboxylic acids is 1. The molecule has 0 radical (unpaired) electrons. The third-order valence-corrected chi connectivity index (χ3v) is 3.49. The van der Waals surface area contributed by atoms with Crippen LogP contribution in [0.4, 0.5) is 14.9 Å². The predicted molar refractivity (Wildman–Crippen MR) is 81.8 cm³/mol. The number of hydrogen-bond donors (Lipinski definition) is 2. The molecule has 21 heavy (non-hydrogen) atoms. The molecule has 1 aromatic carbocycles. The number of carboxylic acid groups (broad SMARTS) is 1. The predicted octanol–water partition coefficient (Wildman–Crippen LogP) is 3.70. The number of benzene rings is 1. The number of rotatable bonds is 6. The number of carbonyl (C=O) groups excluding carboxylic acids is 1. The second-order valence-corrected chi connectivity index (χ2v) is 5.70. The normalized spacial score (nSPS) is 10.5. The zero-order chi connectivity index (χ0) is 16.0. The molecule has 0 aliphatic rings. The van der Waals surface area contributed by atoms with Gasteiger partial charge in [0.25, 0.3) is 0 Å². The molecule has 0 aliphatic heterocycles. The summed E-state index contributed by atoms with van der Waals surface area (Å²) in [4.78, 5) is 24.2. The van der Waals surface area contributed by atoms with Gasteiger partial charge in [0.15, 0.2) is 0 Å². The lowest BCUT2D eigenvalue weighted by molar-refractivity contribution is -0.137. The smallest absolute Gasteiger partial charge is 0.322 e. The van der Waals surface area contributed by atoms with Gasteiger partial charge in [-0.05, 0) is 54.4 Å². The van der Waals surface area contributed by atoms with E-state index in [9.17, 15) is 14.0 Å². The summed E-state index contributed by atoms with van der Waals surface area (Å²) in [7, 11) is 0. The summed E-state index contributed by atoms with van der Waals surface area (Å²) in [5.41, 5.74) is 0.351. The molecule has 0 atom stereocenters. The molecule has 0 saturated carbocycles. The minimum atomic E-state index is -0.894. The van der Waals surface area contributed by atoms with Gasteiger partial charge in [0.2, 0.25) is 0 Å². The minimum Gasteiger partial charge on any atom is -0.481 e. The number of nitrogens with one attached hydrogen (secondary N) is 1. The fraction of sp³-hybridized carbons (Fsp3) is 0.429. The summed E-state index contributed by atoms with van der Waals surface area (Å²) in [6.07, 6.45) is 0.374. The van der Waals surface area contributed by atoms with E-state index in [4.69, 9.17) is 5.11 Å². The van der Waals surface area contributed by atoms with E-state index in [0.717, 1.165) is 0 Å². The van der Waals surface area contributed by atoms with E-state index >= 15 is 0 Å². The van der Waals surface area contributed by atoms with Gasteiger partial charge in [0.05, 0.1) is 4.47 Å². The monoisotopic (exact) mass is 360 g/mol. The third kappa shape index (κ3) is 5.71. The molecule has 1 aromatic rings. The molecule has 0 heterocycles. The summed E-state index contributed by atoms with van der Waals surface area (Å²) in [6.45, 7) is 4.00. The Balaban J connectivity index is 2.67. The zero-order valence-corrected chi connectivity index (χ0v) is 13.5. The number of halogens is 2. The van der Waals surface area contributed by atoms with E-state index in [1.807, 2.05) is 13.8 Å². The highest BCUT2D eigenvalue weighted by Crippen LogP contribution is 2.19. The van der Waals surface area contributed by atoms with Crippen molar-refractivity contribution in [3.63, 3.8) is 0 Å². The van der Waals surface area contributed by atoms with Gasteiger partial charge in [0.1, 0.15) is 5.82 Å². The zero-order valence-electron chi connectivity index (χ0n) is 11.9. The van der Waals surface area contributed by atoms with Gasteiger partial charge in [-0.25, -0.2) is 9.18 Å². The second kappa shape index (κ2) is 7.97. The van der Waals surface area contributed by atoms with E-state index in [1.165, 1.54) is 17.0 Å². The van der Waals surface area contributed by atoms with Crippen molar-refractivity contribution in [2.75, 3.05) is 11.9 Å². The number of nitrogens with zero attached hydrogens (tertiary/aromatic N) is 1. The standard InChI is InChI=1S/C14H18BrFN2O3/c1-9(2)18(7-3-4-13(19)20)14(21)17-10-5-6-11(15)12(16)8-10/h5-6,8-9H,3-4,7H2,1-2H3,(H,17,21)(H,19,20). The average Bonchev–Trinajstić information content (AvgIpc) is 2.38. The molecule has 0 bridgehead atoms. The Bertz CT molecular complexity index is 523. The number of carbonyl (C=O) groups is 2. The number of aliphatic carboxylic acids is 1. The Hall–Kier alpha value is -1.63. The van der Waals surface area contributed by atoms with Gasteiger partial charge in [-0.3, -0.25) is 4.79 Å². The first kappa shape index (κ1) is 17.4. The fourth-order valence-corrected chi connectivity index (χ4v) is 2.01. The molecule has 5 nitrogen and oxygen atoms in total. The quantitative estimate of drug-likeness (QED) is 0.812. The molecular formula is C14H18BrFN2O3. The SMILES string of the molecule is CC(C)N(CCCC(=O)O)C(=O)Nc1ccc(Br)c(F)c1. The molecule has 0 spiro atoms. The topological polar surface area (TPSA) is 69.6 Å². The van der Waals surface area contributed by atoms with Crippen LogP contribution in [0, 0.1) is 5.82 Å². The third-order valence-electron chi connectivity index (χ3n) is 2.84. The molecule has 0 saturated heterocycles. The average molecular weight is 361 g/mol. The largest absolute Gasteiger partial charge is 0.481 e. The van der Waals surface area contributed by atoms with Crippen LogP contribution in [0.1, 0.15) is 26.7 Å².